The molecule has 9 aromatic carbocycles. The second kappa shape index (κ2) is 14.5. The molecule has 10 rings (SSSR count). The number of rotatable bonds is 7. The van der Waals surface area contributed by atoms with Crippen molar-refractivity contribution in [3.8, 4) is 39.1 Å². The van der Waals surface area contributed by atoms with Gasteiger partial charge in [-0.2, -0.15) is 0 Å². The van der Waals surface area contributed by atoms with Crippen LogP contribution in [0, 0.1) is 29.1 Å². The van der Waals surface area contributed by atoms with Gasteiger partial charge in [0, 0.05) is 33.5 Å². The topological polar surface area (TPSA) is 8.17 Å². The number of hydrogen-bond acceptors (Lipinski definition) is 1. The largest absolute Gasteiger partial charge is 0.311 e. The molecular weight excluding hydrogens is 748 g/mol. The van der Waals surface area contributed by atoms with Crippen LogP contribution < -0.4 is 4.90 Å². The smallest absolute Gasteiger partial charge is 0.200 e. The maximum absolute atomic E-state index is 14.8. The van der Waals surface area contributed by atoms with Crippen LogP contribution in [0.3, 0.4) is 0 Å². The van der Waals surface area contributed by atoms with Crippen LogP contribution in [-0.4, -0.2) is 4.57 Å². The highest BCUT2D eigenvalue weighted by Crippen LogP contribution is 2.40. The van der Waals surface area contributed by atoms with E-state index in [1.165, 1.54) is 12.1 Å². The lowest BCUT2D eigenvalue weighted by atomic mass is 10.00. The first-order valence-electron chi connectivity index (χ1n) is 19.0. The molecule has 0 amide bonds. The summed E-state index contributed by atoms with van der Waals surface area (Å²) >= 11 is 0. The predicted octanol–water partition coefficient (Wildman–Crippen LogP) is 15.1. The molecular formula is C52H31F5N2. The predicted molar refractivity (Wildman–Crippen MR) is 229 cm³/mol. The Labute approximate surface area is 336 Å². The van der Waals surface area contributed by atoms with Crippen molar-refractivity contribution in [2.75, 3.05) is 4.90 Å². The molecule has 0 spiro atoms. The summed E-state index contributed by atoms with van der Waals surface area (Å²) in [7, 11) is 0. The van der Waals surface area contributed by atoms with Gasteiger partial charge in [0.05, 0.1) is 16.6 Å². The number of hydrogen-bond donors (Lipinski definition) is 0. The summed E-state index contributed by atoms with van der Waals surface area (Å²) in [5.74, 6) is -9.93. The molecule has 284 valence electrons. The van der Waals surface area contributed by atoms with Crippen molar-refractivity contribution in [3.05, 3.63) is 217 Å². The van der Waals surface area contributed by atoms with E-state index in [1.807, 2.05) is 83.8 Å². The molecule has 0 aliphatic rings. The average Bonchev–Trinajstić information content (AvgIpc) is 3.62. The molecule has 7 heteroatoms. The summed E-state index contributed by atoms with van der Waals surface area (Å²) in [6.07, 6.45) is 0. The average molecular weight is 779 g/mol. The van der Waals surface area contributed by atoms with E-state index in [2.05, 4.69) is 89.5 Å². The molecule has 0 N–H and O–H groups in total. The fourth-order valence-corrected chi connectivity index (χ4v) is 8.07. The molecule has 0 unspecified atom stereocenters. The second-order valence-electron chi connectivity index (χ2n) is 14.4. The maximum Gasteiger partial charge on any atom is 0.200 e. The summed E-state index contributed by atoms with van der Waals surface area (Å²) < 4.78 is 74.1. The third kappa shape index (κ3) is 6.19. The number of anilines is 3. The third-order valence-corrected chi connectivity index (χ3v) is 11.0. The van der Waals surface area contributed by atoms with Gasteiger partial charge >= 0.3 is 0 Å². The minimum atomic E-state index is -2.19. The van der Waals surface area contributed by atoms with Gasteiger partial charge in [0.2, 0.25) is 5.82 Å². The van der Waals surface area contributed by atoms with Gasteiger partial charge in [-0.3, -0.25) is 0 Å². The Kier molecular flexibility index (Phi) is 8.79. The Morgan fingerprint density at radius 1 is 0.322 bits per heavy atom. The van der Waals surface area contributed by atoms with Gasteiger partial charge in [-0.15, -0.1) is 0 Å². The zero-order chi connectivity index (χ0) is 40.2. The molecule has 0 saturated carbocycles. The minimum Gasteiger partial charge on any atom is -0.311 e. The summed E-state index contributed by atoms with van der Waals surface area (Å²) in [4.78, 5) is 1.98. The van der Waals surface area contributed by atoms with Crippen molar-refractivity contribution < 1.29 is 22.0 Å². The van der Waals surface area contributed by atoms with Crippen molar-refractivity contribution in [2.45, 2.75) is 0 Å². The van der Waals surface area contributed by atoms with Gasteiger partial charge in [0.1, 0.15) is 0 Å². The molecule has 1 heterocycles. The molecule has 1 aromatic heterocycles. The molecule has 0 radical (unpaired) electrons. The zero-order valence-corrected chi connectivity index (χ0v) is 31.2. The molecule has 0 aliphatic heterocycles. The van der Waals surface area contributed by atoms with Crippen molar-refractivity contribution in [2.24, 2.45) is 0 Å². The van der Waals surface area contributed by atoms with Crippen molar-refractivity contribution in [3.63, 3.8) is 0 Å². The normalized spacial score (nSPS) is 11.5. The molecule has 0 saturated heterocycles. The number of halogens is 5. The van der Waals surface area contributed by atoms with Gasteiger partial charge in [0.25, 0.3) is 0 Å². The fraction of sp³-hybridized carbons (Fsp3) is 0. The van der Waals surface area contributed by atoms with Crippen molar-refractivity contribution in [1.82, 2.24) is 4.57 Å². The molecule has 0 atom stereocenters. The van der Waals surface area contributed by atoms with Gasteiger partial charge in [0.15, 0.2) is 23.3 Å². The van der Waals surface area contributed by atoms with E-state index >= 15 is 0 Å². The van der Waals surface area contributed by atoms with Crippen LogP contribution in [0.15, 0.2) is 188 Å². The minimum absolute atomic E-state index is 0.146. The molecule has 0 aliphatic carbocycles. The standard InChI is InChI=1S/C52H31F5N2/c53-48-47(49(54)51(56)52(57)50(48)55)35-20-27-42(28-21-35)58(40-23-16-33(17-24-40)37-15-14-32-8-4-5-9-36(32)30-37)41-25-18-34(19-26-41)38-22-29-46-44(31-38)43-12-6-7-13-45(43)59(46)39-10-2-1-3-11-39/h1-31H. The van der Waals surface area contributed by atoms with E-state index in [0.29, 0.717) is 5.69 Å². The van der Waals surface area contributed by atoms with E-state index in [9.17, 15) is 22.0 Å². The molecule has 0 bridgehead atoms. The summed E-state index contributed by atoms with van der Waals surface area (Å²) in [5.41, 5.74) is 8.49. The summed E-state index contributed by atoms with van der Waals surface area (Å²) in [6.45, 7) is 0. The maximum atomic E-state index is 14.8. The first kappa shape index (κ1) is 35.9. The van der Waals surface area contributed by atoms with E-state index in [1.54, 1.807) is 12.1 Å². The lowest BCUT2D eigenvalue weighted by Crippen LogP contribution is -2.10. The Hall–Kier alpha value is -7.51. The molecule has 0 fully saturated rings. The Balaban J connectivity index is 1.04. The number of nitrogens with zero attached hydrogens (tertiary/aromatic N) is 2. The molecule has 2 nitrogen and oxygen atoms in total. The van der Waals surface area contributed by atoms with Crippen LogP contribution in [0.25, 0.3) is 71.6 Å². The van der Waals surface area contributed by atoms with Crippen LogP contribution in [0.5, 0.6) is 0 Å². The quantitative estimate of drug-likeness (QED) is 0.0889. The monoisotopic (exact) mass is 778 g/mol. The highest BCUT2D eigenvalue weighted by Gasteiger charge is 2.27. The third-order valence-electron chi connectivity index (χ3n) is 11.0. The van der Waals surface area contributed by atoms with E-state index < -0.39 is 34.6 Å². The second-order valence-corrected chi connectivity index (χ2v) is 14.4. The Bertz CT molecular complexity index is 3160. The molecule has 59 heavy (non-hydrogen) atoms. The SMILES string of the molecule is Fc1c(F)c(F)c(-c2ccc(N(c3ccc(-c4ccc5ccccc5c4)cc3)c3ccc(-c4ccc5c(c4)c4ccccc4n5-c4ccccc4)cc3)cc2)c(F)c1F. The van der Waals surface area contributed by atoms with Gasteiger partial charge in [-0.05, 0) is 111 Å². The van der Waals surface area contributed by atoms with Crippen molar-refractivity contribution in [1.29, 1.82) is 0 Å². The van der Waals surface area contributed by atoms with E-state index in [4.69, 9.17) is 0 Å². The first-order chi connectivity index (χ1) is 28.8. The zero-order valence-electron chi connectivity index (χ0n) is 31.2. The highest BCUT2D eigenvalue weighted by molar-refractivity contribution is 6.10. The first-order valence-corrected chi connectivity index (χ1v) is 19.0. The van der Waals surface area contributed by atoms with Crippen LogP contribution >= 0.6 is 0 Å². The van der Waals surface area contributed by atoms with Gasteiger partial charge in [-0.25, -0.2) is 22.0 Å². The van der Waals surface area contributed by atoms with Crippen LogP contribution in [0.2, 0.25) is 0 Å². The van der Waals surface area contributed by atoms with Crippen molar-refractivity contribution >= 4 is 49.6 Å². The van der Waals surface area contributed by atoms with Gasteiger partial charge in [-0.1, -0.05) is 115 Å². The highest BCUT2D eigenvalue weighted by atomic mass is 19.2. The number of fused-ring (bicyclic) bond motifs is 4. The Morgan fingerprint density at radius 3 is 1.41 bits per heavy atom. The fourth-order valence-electron chi connectivity index (χ4n) is 8.07. The summed E-state index contributed by atoms with van der Waals surface area (Å²) in [6, 6.07) is 61.8. The lowest BCUT2D eigenvalue weighted by molar-refractivity contribution is 0.381. The van der Waals surface area contributed by atoms with Crippen LogP contribution in [-0.2, 0) is 0 Å². The molecule has 10 aromatic rings. The van der Waals surface area contributed by atoms with Crippen LogP contribution in [0.4, 0.5) is 39.0 Å². The summed E-state index contributed by atoms with van der Waals surface area (Å²) in [5, 5.41) is 4.56. The van der Waals surface area contributed by atoms with Crippen LogP contribution in [0.1, 0.15) is 0 Å². The van der Waals surface area contributed by atoms with Gasteiger partial charge < -0.3 is 9.47 Å². The number of para-hydroxylation sites is 2. The number of benzene rings is 9. The van der Waals surface area contributed by atoms with E-state index in [-0.39, 0.29) is 5.56 Å². The van der Waals surface area contributed by atoms with E-state index in [0.717, 1.165) is 71.9 Å². The lowest BCUT2D eigenvalue weighted by Gasteiger charge is -2.26. The number of aromatic nitrogens is 1. The Morgan fingerprint density at radius 2 is 0.780 bits per heavy atom.